The van der Waals surface area contributed by atoms with Crippen LogP contribution < -0.4 is 25.8 Å². The van der Waals surface area contributed by atoms with E-state index in [-0.39, 0.29) is 30.6 Å². The average Bonchev–Trinajstić information content (AvgIpc) is 2.76. The molecule has 1 aromatic carbocycles. The summed E-state index contributed by atoms with van der Waals surface area (Å²) < 4.78 is 6.05. The molecule has 1 aromatic rings. The van der Waals surface area contributed by atoms with E-state index in [9.17, 15) is 19.2 Å². The van der Waals surface area contributed by atoms with E-state index < -0.39 is 29.3 Å². The molecule has 0 aromatic heterocycles. The quantitative estimate of drug-likeness (QED) is 0.545. The zero-order valence-corrected chi connectivity index (χ0v) is 19.7. The van der Waals surface area contributed by atoms with Gasteiger partial charge >= 0.3 is 6.03 Å². The Labute approximate surface area is 198 Å². The van der Waals surface area contributed by atoms with Gasteiger partial charge in [0.05, 0.1) is 18.2 Å². The summed E-state index contributed by atoms with van der Waals surface area (Å²) in [6, 6.07) is 5.09. The first-order valence-corrected chi connectivity index (χ1v) is 11.9. The molecule has 0 unspecified atom stereocenters. The van der Waals surface area contributed by atoms with Crippen LogP contribution in [0.15, 0.2) is 18.2 Å². The fraction of sp³-hybridized carbons (Fsp3) is 0.583. The predicted octanol–water partition coefficient (Wildman–Crippen LogP) is 0.682. The monoisotopic (exact) mass is 469 g/mol. The van der Waals surface area contributed by atoms with Gasteiger partial charge in [0, 0.05) is 44.0 Å². The second-order valence-corrected chi connectivity index (χ2v) is 9.91. The zero-order valence-electron chi connectivity index (χ0n) is 19.7. The Balaban J connectivity index is 1.50. The Morgan fingerprint density at radius 1 is 1.12 bits per heavy atom. The van der Waals surface area contributed by atoms with Crippen molar-refractivity contribution in [2.75, 3.05) is 29.4 Å². The highest BCUT2D eigenvalue weighted by Gasteiger charge is 2.62. The number of barbiturate groups is 1. The molecule has 5 rings (SSSR count). The highest BCUT2D eigenvalue weighted by molar-refractivity contribution is 6.20. The van der Waals surface area contributed by atoms with Crippen LogP contribution >= 0.6 is 0 Å². The fourth-order valence-corrected chi connectivity index (χ4v) is 6.20. The van der Waals surface area contributed by atoms with Crippen LogP contribution in [0.3, 0.4) is 0 Å². The van der Waals surface area contributed by atoms with Gasteiger partial charge in [0.2, 0.25) is 17.7 Å². The standard InChI is InChI=1S/C24H31N5O5/c1-13-12-29-19-5-4-18(28-8-6-17(7-9-28)25-15(3)30)10-16(19)11-24(20(29)14(2)34-13)21(31)26-23(33)27-22(24)32/h4-5,10,13-14,17,20H,6-9,11-12H2,1-3H3,(H,25,30)(H2,26,27,31,32,33)/t13-,14+,20-/m1/s1. The number of benzene rings is 1. The van der Waals surface area contributed by atoms with Crippen molar-refractivity contribution < 1.29 is 23.9 Å². The van der Waals surface area contributed by atoms with Crippen LogP contribution in [0.1, 0.15) is 39.2 Å². The number of imide groups is 2. The number of nitrogens with one attached hydrogen (secondary N) is 3. The van der Waals surface area contributed by atoms with E-state index in [2.05, 4.69) is 43.9 Å². The normalized spacial score (nSPS) is 28.7. The van der Waals surface area contributed by atoms with Crippen LogP contribution in [0.5, 0.6) is 0 Å². The molecular weight excluding hydrogens is 438 g/mol. The van der Waals surface area contributed by atoms with E-state index in [1.807, 2.05) is 13.8 Å². The molecule has 4 aliphatic rings. The molecule has 0 saturated carbocycles. The number of rotatable bonds is 2. The first-order chi connectivity index (χ1) is 16.2. The van der Waals surface area contributed by atoms with Gasteiger partial charge < -0.3 is 19.9 Å². The summed E-state index contributed by atoms with van der Waals surface area (Å²) in [5.74, 6) is -1.16. The molecule has 1 spiro atoms. The molecule has 0 radical (unpaired) electrons. The van der Waals surface area contributed by atoms with E-state index in [0.717, 1.165) is 42.9 Å². The highest BCUT2D eigenvalue weighted by atomic mass is 16.5. The van der Waals surface area contributed by atoms with E-state index in [4.69, 9.17) is 4.74 Å². The third-order valence-corrected chi connectivity index (χ3v) is 7.56. The van der Waals surface area contributed by atoms with Crippen molar-refractivity contribution in [3.63, 3.8) is 0 Å². The minimum atomic E-state index is -1.46. The van der Waals surface area contributed by atoms with Gasteiger partial charge in [0.15, 0.2) is 5.41 Å². The Morgan fingerprint density at radius 2 is 1.79 bits per heavy atom. The molecule has 182 valence electrons. The summed E-state index contributed by atoms with van der Waals surface area (Å²) in [4.78, 5) is 54.2. The van der Waals surface area contributed by atoms with Crippen molar-refractivity contribution in [2.24, 2.45) is 5.41 Å². The van der Waals surface area contributed by atoms with Crippen LogP contribution in [0.25, 0.3) is 0 Å². The van der Waals surface area contributed by atoms with Gasteiger partial charge in [-0.3, -0.25) is 25.0 Å². The highest BCUT2D eigenvalue weighted by Crippen LogP contribution is 2.47. The van der Waals surface area contributed by atoms with E-state index in [1.165, 1.54) is 6.92 Å². The third-order valence-electron chi connectivity index (χ3n) is 7.56. The molecule has 5 amide bonds. The van der Waals surface area contributed by atoms with E-state index >= 15 is 0 Å². The molecular formula is C24H31N5O5. The molecule has 0 aliphatic carbocycles. The van der Waals surface area contributed by atoms with Gasteiger partial charge in [-0.1, -0.05) is 0 Å². The Bertz CT molecular complexity index is 1030. The van der Waals surface area contributed by atoms with Gasteiger partial charge in [-0.25, -0.2) is 4.79 Å². The summed E-state index contributed by atoms with van der Waals surface area (Å²) in [5, 5.41) is 7.65. The largest absolute Gasteiger partial charge is 0.372 e. The number of nitrogens with zero attached hydrogens (tertiary/aromatic N) is 2. The SMILES string of the molecule is CC(=O)NC1CCN(c2ccc3c(c2)CC2(C(=O)NC(=O)NC2=O)[C@H]2[C@H](C)O[C@H](C)CN32)CC1. The number of carbonyl (C=O) groups is 4. The third kappa shape index (κ3) is 3.60. The number of anilines is 2. The second kappa shape index (κ2) is 8.26. The summed E-state index contributed by atoms with van der Waals surface area (Å²) in [7, 11) is 0. The maximum absolute atomic E-state index is 13.3. The van der Waals surface area contributed by atoms with E-state index in [1.54, 1.807) is 0 Å². The predicted molar refractivity (Wildman–Crippen MR) is 124 cm³/mol. The molecule has 34 heavy (non-hydrogen) atoms. The topological polar surface area (TPSA) is 120 Å². The maximum Gasteiger partial charge on any atom is 0.328 e. The molecule has 3 N–H and O–H groups in total. The van der Waals surface area contributed by atoms with Crippen molar-refractivity contribution in [1.29, 1.82) is 0 Å². The lowest BCUT2D eigenvalue weighted by atomic mass is 9.66. The summed E-state index contributed by atoms with van der Waals surface area (Å²) in [5.41, 5.74) is 1.46. The lowest BCUT2D eigenvalue weighted by Gasteiger charge is -2.55. The van der Waals surface area contributed by atoms with Crippen molar-refractivity contribution >= 4 is 35.1 Å². The first kappa shape index (κ1) is 22.6. The lowest BCUT2D eigenvalue weighted by molar-refractivity contribution is -0.153. The Hall–Kier alpha value is -3.14. The van der Waals surface area contributed by atoms with Crippen LogP contribution in [-0.2, 0) is 25.5 Å². The molecule has 10 nitrogen and oxygen atoms in total. The number of piperidine rings is 1. The molecule has 3 fully saturated rings. The number of morpholine rings is 1. The molecule has 4 aliphatic heterocycles. The number of hydrogen-bond acceptors (Lipinski definition) is 7. The molecule has 4 heterocycles. The van der Waals surface area contributed by atoms with Gasteiger partial charge in [0.1, 0.15) is 0 Å². The molecule has 3 atom stereocenters. The first-order valence-electron chi connectivity index (χ1n) is 11.9. The second-order valence-electron chi connectivity index (χ2n) is 9.91. The minimum Gasteiger partial charge on any atom is -0.372 e. The molecule has 0 bridgehead atoms. The summed E-state index contributed by atoms with van der Waals surface area (Å²) >= 11 is 0. The van der Waals surface area contributed by atoms with Gasteiger partial charge in [-0.15, -0.1) is 0 Å². The van der Waals surface area contributed by atoms with Gasteiger partial charge in [-0.2, -0.15) is 0 Å². The smallest absolute Gasteiger partial charge is 0.328 e. The number of urea groups is 1. The number of ether oxygens (including phenoxy) is 1. The number of hydrogen-bond donors (Lipinski definition) is 3. The maximum atomic E-state index is 13.3. The summed E-state index contributed by atoms with van der Waals surface area (Å²) in [6.45, 7) is 7.55. The van der Waals surface area contributed by atoms with Crippen LogP contribution in [0.4, 0.5) is 16.2 Å². The molecule has 10 heteroatoms. The average molecular weight is 470 g/mol. The number of fused-ring (bicyclic) bond motifs is 4. The van der Waals surface area contributed by atoms with Crippen molar-refractivity contribution in [3.05, 3.63) is 23.8 Å². The van der Waals surface area contributed by atoms with Crippen molar-refractivity contribution in [2.45, 2.75) is 64.3 Å². The lowest BCUT2D eigenvalue weighted by Crippen LogP contribution is -2.75. The van der Waals surface area contributed by atoms with E-state index in [0.29, 0.717) is 6.54 Å². The molecule has 3 saturated heterocycles. The Morgan fingerprint density at radius 3 is 2.44 bits per heavy atom. The zero-order chi connectivity index (χ0) is 24.2. The van der Waals surface area contributed by atoms with Crippen LogP contribution in [0, 0.1) is 5.41 Å². The van der Waals surface area contributed by atoms with Crippen LogP contribution in [-0.4, -0.2) is 67.7 Å². The van der Waals surface area contributed by atoms with Crippen molar-refractivity contribution in [3.8, 4) is 0 Å². The Kier molecular flexibility index (Phi) is 5.50. The number of amides is 5. The van der Waals surface area contributed by atoms with Gasteiger partial charge in [-0.05, 0) is 56.9 Å². The summed E-state index contributed by atoms with van der Waals surface area (Å²) in [6.07, 6.45) is 1.45. The van der Waals surface area contributed by atoms with Gasteiger partial charge in [0.25, 0.3) is 0 Å². The van der Waals surface area contributed by atoms with Crippen molar-refractivity contribution in [1.82, 2.24) is 16.0 Å². The van der Waals surface area contributed by atoms with Crippen LogP contribution in [0.2, 0.25) is 0 Å². The minimum absolute atomic E-state index is 0.0106. The fourth-order valence-electron chi connectivity index (χ4n) is 6.20. The number of carbonyl (C=O) groups excluding carboxylic acids is 4.